The van der Waals surface area contributed by atoms with Crippen molar-refractivity contribution in [2.45, 2.75) is 6.92 Å². The fourth-order valence-electron chi connectivity index (χ4n) is 1.70. The van der Waals surface area contributed by atoms with E-state index in [0.29, 0.717) is 11.4 Å². The summed E-state index contributed by atoms with van der Waals surface area (Å²) < 4.78 is 0. The van der Waals surface area contributed by atoms with Crippen molar-refractivity contribution in [2.75, 3.05) is 12.4 Å². The Balaban J connectivity index is 2.61. The summed E-state index contributed by atoms with van der Waals surface area (Å²) in [5.74, 6) is 0.614. The molecule has 0 atom stereocenters. The monoisotopic (exact) mass is 224 g/mol. The van der Waals surface area contributed by atoms with E-state index in [1.807, 2.05) is 25.1 Å². The smallest absolute Gasteiger partial charge is 0.143 e. The summed E-state index contributed by atoms with van der Waals surface area (Å²) >= 11 is 0. The van der Waals surface area contributed by atoms with Crippen LogP contribution in [-0.4, -0.2) is 17.0 Å². The van der Waals surface area contributed by atoms with Gasteiger partial charge < -0.3 is 5.32 Å². The first-order valence-electron chi connectivity index (χ1n) is 5.26. The Bertz CT molecular complexity index is 570. The van der Waals surface area contributed by atoms with Gasteiger partial charge in [-0.25, -0.2) is 4.98 Å². The summed E-state index contributed by atoms with van der Waals surface area (Å²) in [7, 11) is 1.76. The Morgan fingerprint density at radius 2 is 2.00 bits per heavy atom. The van der Waals surface area contributed by atoms with E-state index < -0.39 is 0 Å². The minimum atomic E-state index is 0.546. The van der Waals surface area contributed by atoms with E-state index in [0.717, 1.165) is 16.8 Å². The summed E-state index contributed by atoms with van der Waals surface area (Å²) in [5, 5.41) is 12.0. The average molecular weight is 224 g/mol. The lowest BCUT2D eigenvalue weighted by atomic mass is 10.0. The number of nitrogens with one attached hydrogen (secondary N) is 1. The molecule has 4 nitrogen and oxygen atoms in total. The number of nitrogens with zero attached hydrogens (tertiary/aromatic N) is 3. The fraction of sp³-hybridized carbons (Fsp3) is 0.154. The number of hydrogen-bond acceptors (Lipinski definition) is 4. The van der Waals surface area contributed by atoms with Crippen LogP contribution in [0.4, 0.5) is 5.82 Å². The molecule has 2 heterocycles. The van der Waals surface area contributed by atoms with Gasteiger partial charge in [0.15, 0.2) is 0 Å². The van der Waals surface area contributed by atoms with Crippen molar-refractivity contribution in [3.05, 3.63) is 41.9 Å². The number of rotatable bonds is 2. The fourth-order valence-corrected chi connectivity index (χ4v) is 1.70. The zero-order valence-electron chi connectivity index (χ0n) is 9.73. The van der Waals surface area contributed by atoms with Crippen molar-refractivity contribution in [2.24, 2.45) is 0 Å². The van der Waals surface area contributed by atoms with Gasteiger partial charge in [0.25, 0.3) is 0 Å². The molecule has 17 heavy (non-hydrogen) atoms. The molecule has 2 aromatic rings. The molecule has 0 spiro atoms. The lowest BCUT2D eigenvalue weighted by Crippen LogP contribution is -1.99. The first kappa shape index (κ1) is 11.1. The van der Waals surface area contributed by atoms with Gasteiger partial charge in [-0.3, -0.25) is 4.98 Å². The zero-order valence-corrected chi connectivity index (χ0v) is 9.73. The molecule has 0 bridgehead atoms. The van der Waals surface area contributed by atoms with Gasteiger partial charge in [0.2, 0.25) is 0 Å². The number of anilines is 1. The van der Waals surface area contributed by atoms with Gasteiger partial charge >= 0.3 is 0 Å². The molecule has 1 N–H and O–H groups in total. The van der Waals surface area contributed by atoms with Crippen molar-refractivity contribution in [1.29, 1.82) is 5.26 Å². The molecule has 0 aliphatic carbocycles. The second-order valence-electron chi connectivity index (χ2n) is 3.62. The van der Waals surface area contributed by atoms with Crippen molar-refractivity contribution >= 4 is 5.82 Å². The molecule has 0 saturated carbocycles. The van der Waals surface area contributed by atoms with Crippen LogP contribution in [0.15, 0.2) is 30.6 Å². The number of nitriles is 1. The molecule has 0 radical (unpaired) electrons. The second-order valence-corrected chi connectivity index (χ2v) is 3.62. The lowest BCUT2D eigenvalue weighted by Gasteiger charge is -2.09. The molecule has 0 saturated heterocycles. The van der Waals surface area contributed by atoms with E-state index in [1.165, 1.54) is 0 Å². The van der Waals surface area contributed by atoms with Crippen molar-refractivity contribution < 1.29 is 0 Å². The van der Waals surface area contributed by atoms with Crippen LogP contribution in [0.1, 0.15) is 11.3 Å². The van der Waals surface area contributed by atoms with Crippen molar-refractivity contribution in [3.63, 3.8) is 0 Å². The normalized spacial score (nSPS) is 9.71. The molecule has 2 rings (SSSR count). The molecule has 0 aliphatic heterocycles. The average Bonchev–Trinajstić information content (AvgIpc) is 2.39. The molecular weight excluding hydrogens is 212 g/mol. The Morgan fingerprint density at radius 3 is 2.59 bits per heavy atom. The molecule has 0 aromatic carbocycles. The first-order chi connectivity index (χ1) is 8.26. The highest BCUT2D eigenvalue weighted by molar-refractivity contribution is 5.70. The summed E-state index contributed by atoms with van der Waals surface area (Å²) in [4.78, 5) is 8.36. The maximum atomic E-state index is 9.07. The van der Waals surface area contributed by atoms with Crippen LogP contribution in [0, 0.1) is 18.3 Å². The standard InChI is InChI=1S/C13H12N4/c1-9-12(10-3-5-16-6-4-10)7-11(8-14)13(15-2)17-9/h3-7H,1-2H3,(H,15,17). The van der Waals surface area contributed by atoms with Crippen LogP contribution in [0.3, 0.4) is 0 Å². The van der Waals surface area contributed by atoms with Crippen molar-refractivity contribution in [3.8, 4) is 17.2 Å². The van der Waals surface area contributed by atoms with Gasteiger partial charge in [0, 0.05) is 30.7 Å². The minimum Gasteiger partial charge on any atom is -0.372 e. The molecule has 0 amide bonds. The third-order valence-electron chi connectivity index (χ3n) is 2.56. The lowest BCUT2D eigenvalue weighted by molar-refractivity contribution is 1.18. The predicted octanol–water partition coefficient (Wildman–Crippen LogP) is 2.37. The Morgan fingerprint density at radius 1 is 1.29 bits per heavy atom. The highest BCUT2D eigenvalue weighted by atomic mass is 15.0. The van der Waals surface area contributed by atoms with Crippen molar-refractivity contribution in [1.82, 2.24) is 9.97 Å². The summed E-state index contributed by atoms with van der Waals surface area (Å²) in [6.45, 7) is 1.93. The van der Waals surface area contributed by atoms with Crippen LogP contribution < -0.4 is 5.32 Å². The van der Waals surface area contributed by atoms with E-state index in [2.05, 4.69) is 21.4 Å². The van der Waals surface area contributed by atoms with Gasteiger partial charge in [-0.05, 0) is 30.7 Å². The molecule has 0 fully saturated rings. The van der Waals surface area contributed by atoms with E-state index in [9.17, 15) is 0 Å². The highest BCUT2D eigenvalue weighted by Crippen LogP contribution is 2.25. The third-order valence-corrected chi connectivity index (χ3v) is 2.56. The van der Waals surface area contributed by atoms with Crippen LogP contribution in [-0.2, 0) is 0 Å². The number of hydrogen-bond donors (Lipinski definition) is 1. The zero-order chi connectivity index (χ0) is 12.3. The number of aryl methyl sites for hydroxylation is 1. The van der Waals surface area contributed by atoms with Gasteiger partial charge in [-0.1, -0.05) is 0 Å². The summed E-state index contributed by atoms with van der Waals surface area (Å²) in [5.41, 5.74) is 3.41. The Hall–Kier alpha value is -2.41. The van der Waals surface area contributed by atoms with E-state index in [1.54, 1.807) is 19.4 Å². The second kappa shape index (κ2) is 4.62. The molecular formula is C13H12N4. The highest BCUT2D eigenvalue weighted by Gasteiger charge is 2.09. The Labute approximate surface area is 100.0 Å². The molecule has 2 aromatic heterocycles. The summed E-state index contributed by atoms with van der Waals surface area (Å²) in [6, 6.07) is 7.81. The quantitative estimate of drug-likeness (QED) is 0.850. The maximum absolute atomic E-state index is 9.07. The predicted molar refractivity (Wildman–Crippen MR) is 66.5 cm³/mol. The topological polar surface area (TPSA) is 61.6 Å². The number of aromatic nitrogens is 2. The molecule has 0 aliphatic rings. The van der Waals surface area contributed by atoms with Crippen LogP contribution >= 0.6 is 0 Å². The van der Waals surface area contributed by atoms with Gasteiger partial charge in [-0.15, -0.1) is 0 Å². The van der Waals surface area contributed by atoms with E-state index in [4.69, 9.17) is 5.26 Å². The van der Waals surface area contributed by atoms with Gasteiger partial charge in [-0.2, -0.15) is 5.26 Å². The Kier molecular flexibility index (Phi) is 3.01. The minimum absolute atomic E-state index is 0.546. The molecule has 4 heteroatoms. The number of pyridine rings is 2. The van der Waals surface area contributed by atoms with Crippen LogP contribution in [0.2, 0.25) is 0 Å². The van der Waals surface area contributed by atoms with Gasteiger partial charge in [0.1, 0.15) is 11.9 Å². The van der Waals surface area contributed by atoms with Crippen LogP contribution in [0.25, 0.3) is 11.1 Å². The van der Waals surface area contributed by atoms with Gasteiger partial charge in [0.05, 0.1) is 5.56 Å². The van der Waals surface area contributed by atoms with E-state index in [-0.39, 0.29) is 0 Å². The SMILES string of the molecule is CNc1nc(C)c(-c2ccncc2)cc1C#N. The summed E-state index contributed by atoms with van der Waals surface area (Å²) in [6.07, 6.45) is 3.46. The largest absolute Gasteiger partial charge is 0.372 e. The van der Waals surface area contributed by atoms with E-state index >= 15 is 0 Å². The first-order valence-corrected chi connectivity index (χ1v) is 5.26. The maximum Gasteiger partial charge on any atom is 0.143 e. The third kappa shape index (κ3) is 2.08. The molecule has 84 valence electrons. The van der Waals surface area contributed by atoms with Crippen LogP contribution in [0.5, 0.6) is 0 Å². The molecule has 0 unspecified atom stereocenters.